The van der Waals surface area contributed by atoms with E-state index < -0.39 is 22.6 Å². The van der Waals surface area contributed by atoms with Crippen molar-refractivity contribution in [1.82, 2.24) is 0 Å². The van der Waals surface area contributed by atoms with E-state index in [9.17, 15) is 18.0 Å². The van der Waals surface area contributed by atoms with Gasteiger partial charge >= 0.3 is 5.97 Å². The summed E-state index contributed by atoms with van der Waals surface area (Å²) < 4.78 is 42.4. The van der Waals surface area contributed by atoms with Crippen LogP contribution in [0.3, 0.4) is 0 Å². The van der Waals surface area contributed by atoms with Crippen molar-refractivity contribution in [2.24, 2.45) is 0 Å². The van der Waals surface area contributed by atoms with Crippen molar-refractivity contribution in [2.45, 2.75) is 19.8 Å². The number of rotatable bonds is 8. The van der Waals surface area contributed by atoms with Gasteiger partial charge in [0.2, 0.25) is 10.0 Å². The highest BCUT2D eigenvalue weighted by atomic mass is 32.2. The number of anilines is 1. The van der Waals surface area contributed by atoms with Crippen molar-refractivity contribution in [3.05, 3.63) is 53.6 Å². The van der Waals surface area contributed by atoms with Crippen molar-refractivity contribution in [2.75, 3.05) is 30.3 Å². The zero-order valence-corrected chi connectivity index (χ0v) is 17.4. The highest BCUT2D eigenvalue weighted by molar-refractivity contribution is 7.92. The van der Waals surface area contributed by atoms with Gasteiger partial charge in [-0.05, 0) is 42.8 Å². The Morgan fingerprint density at radius 3 is 2.57 bits per heavy atom. The lowest BCUT2D eigenvalue weighted by Gasteiger charge is -2.10. The largest absolute Gasteiger partial charge is 0.490 e. The first kappa shape index (κ1) is 21.6. The lowest BCUT2D eigenvalue weighted by Crippen LogP contribution is -2.17. The zero-order valence-electron chi connectivity index (χ0n) is 16.6. The van der Waals surface area contributed by atoms with Gasteiger partial charge in [0.05, 0.1) is 24.5 Å². The van der Waals surface area contributed by atoms with E-state index in [1.807, 2.05) is 0 Å². The summed E-state index contributed by atoms with van der Waals surface area (Å²) in [5.41, 5.74) is 0.735. The molecule has 0 atom stereocenters. The van der Waals surface area contributed by atoms with Gasteiger partial charge in [0.15, 0.2) is 23.9 Å². The number of hydrogen-bond donors (Lipinski definition) is 1. The van der Waals surface area contributed by atoms with Gasteiger partial charge in [-0.3, -0.25) is 9.52 Å². The van der Waals surface area contributed by atoms with Crippen molar-refractivity contribution in [3.63, 3.8) is 0 Å². The van der Waals surface area contributed by atoms with Gasteiger partial charge in [0, 0.05) is 17.7 Å². The molecule has 0 aromatic heterocycles. The van der Waals surface area contributed by atoms with Gasteiger partial charge in [-0.1, -0.05) is 13.0 Å². The van der Waals surface area contributed by atoms with Gasteiger partial charge in [0.1, 0.15) is 0 Å². The molecule has 8 nitrogen and oxygen atoms in total. The number of esters is 1. The van der Waals surface area contributed by atoms with Gasteiger partial charge in [-0.25, -0.2) is 13.2 Å². The van der Waals surface area contributed by atoms with Crippen LogP contribution in [0.15, 0.2) is 42.5 Å². The van der Waals surface area contributed by atoms with Crippen LogP contribution in [0.5, 0.6) is 11.5 Å². The number of benzene rings is 2. The molecule has 0 saturated heterocycles. The number of carbonyl (C=O) groups excluding carboxylic acids is 2. The van der Waals surface area contributed by atoms with Crippen LogP contribution in [0.1, 0.15) is 40.5 Å². The second kappa shape index (κ2) is 9.62. The summed E-state index contributed by atoms with van der Waals surface area (Å²) >= 11 is 0. The molecule has 0 fully saturated rings. The van der Waals surface area contributed by atoms with Crippen LogP contribution in [-0.4, -0.2) is 45.7 Å². The molecule has 0 aliphatic carbocycles. The molecule has 0 saturated carbocycles. The van der Waals surface area contributed by atoms with Crippen LogP contribution in [0.4, 0.5) is 5.69 Å². The van der Waals surface area contributed by atoms with E-state index in [-0.39, 0.29) is 22.8 Å². The van der Waals surface area contributed by atoms with Crippen molar-refractivity contribution < 1.29 is 32.2 Å². The van der Waals surface area contributed by atoms with E-state index in [1.165, 1.54) is 24.3 Å². The molecule has 1 aliphatic heterocycles. The molecular formula is C21H23NO7S. The zero-order chi connectivity index (χ0) is 21.6. The molecule has 3 rings (SSSR count). The Kier molecular flexibility index (Phi) is 6.94. The van der Waals surface area contributed by atoms with Crippen molar-refractivity contribution in [3.8, 4) is 11.5 Å². The maximum absolute atomic E-state index is 12.4. The number of nitrogens with one attached hydrogen (secondary N) is 1. The van der Waals surface area contributed by atoms with Crippen molar-refractivity contribution >= 4 is 27.5 Å². The number of hydrogen-bond acceptors (Lipinski definition) is 7. The van der Waals surface area contributed by atoms with Crippen LogP contribution >= 0.6 is 0 Å². The Labute approximate surface area is 175 Å². The topological polar surface area (TPSA) is 108 Å². The number of ketones is 1. The highest BCUT2D eigenvalue weighted by Gasteiger charge is 2.17. The molecule has 9 heteroatoms. The molecule has 1 aliphatic rings. The fraction of sp³-hybridized carbons (Fsp3) is 0.333. The number of Topliss-reactive ketones (excluding diaryl/α,β-unsaturated/α-hetero) is 1. The molecule has 0 bridgehead atoms. The molecule has 1 heterocycles. The Bertz CT molecular complexity index is 1030. The second-order valence-corrected chi connectivity index (χ2v) is 8.55. The Balaban J connectivity index is 1.62. The predicted molar refractivity (Wildman–Crippen MR) is 111 cm³/mol. The third-order valence-corrected chi connectivity index (χ3v) is 5.74. The minimum Gasteiger partial charge on any atom is -0.490 e. The van der Waals surface area contributed by atoms with Crippen LogP contribution in [0.25, 0.3) is 0 Å². The lowest BCUT2D eigenvalue weighted by molar-refractivity contribution is 0.0474. The Morgan fingerprint density at radius 2 is 1.80 bits per heavy atom. The summed E-state index contributed by atoms with van der Waals surface area (Å²) in [6, 6.07) is 10.7. The molecule has 2 aromatic rings. The molecule has 160 valence electrons. The average Bonchev–Trinajstić information content (AvgIpc) is 2.96. The standard InChI is InChI=1S/C21H23NO7S/c1-2-11-30(25,26)22-17-6-3-5-16(12-17)21(24)29-14-18(23)15-7-8-19-20(13-15)28-10-4-9-27-19/h3,5-8,12-13,22H,2,4,9-11,14H2,1H3. The quantitative estimate of drug-likeness (QED) is 0.503. The highest BCUT2D eigenvalue weighted by Crippen LogP contribution is 2.30. The minimum atomic E-state index is -3.48. The lowest BCUT2D eigenvalue weighted by atomic mass is 10.1. The fourth-order valence-electron chi connectivity index (χ4n) is 2.84. The Morgan fingerprint density at radius 1 is 1.03 bits per heavy atom. The summed E-state index contributed by atoms with van der Waals surface area (Å²) in [4.78, 5) is 24.7. The van der Waals surface area contributed by atoms with E-state index in [4.69, 9.17) is 14.2 Å². The average molecular weight is 433 g/mol. The molecule has 0 radical (unpaired) electrons. The van der Waals surface area contributed by atoms with Crippen LogP contribution in [-0.2, 0) is 14.8 Å². The van der Waals surface area contributed by atoms with E-state index >= 15 is 0 Å². The molecule has 0 amide bonds. The third kappa shape index (κ3) is 5.73. The first-order chi connectivity index (χ1) is 14.4. The van der Waals surface area contributed by atoms with E-state index in [0.29, 0.717) is 36.7 Å². The van der Waals surface area contributed by atoms with Crippen LogP contribution in [0, 0.1) is 0 Å². The smallest absolute Gasteiger partial charge is 0.338 e. The Hall–Kier alpha value is -3.07. The summed E-state index contributed by atoms with van der Waals surface area (Å²) in [7, 11) is -3.48. The normalized spacial score (nSPS) is 13.2. The molecule has 0 spiro atoms. The molecular weight excluding hydrogens is 410 g/mol. The summed E-state index contributed by atoms with van der Waals surface area (Å²) in [5.74, 6) is -0.0840. The molecule has 0 unspecified atom stereocenters. The predicted octanol–water partition coefficient (Wildman–Crippen LogP) is 3.04. The van der Waals surface area contributed by atoms with Gasteiger partial charge < -0.3 is 14.2 Å². The van der Waals surface area contributed by atoms with E-state index in [1.54, 1.807) is 25.1 Å². The van der Waals surface area contributed by atoms with Crippen molar-refractivity contribution in [1.29, 1.82) is 0 Å². The number of carbonyl (C=O) groups is 2. The summed E-state index contributed by atoms with van der Waals surface area (Å²) in [5, 5.41) is 0. The van der Waals surface area contributed by atoms with Crippen LogP contribution < -0.4 is 14.2 Å². The van der Waals surface area contributed by atoms with Gasteiger partial charge in [-0.15, -0.1) is 0 Å². The van der Waals surface area contributed by atoms with E-state index in [0.717, 1.165) is 6.42 Å². The van der Waals surface area contributed by atoms with E-state index in [2.05, 4.69) is 4.72 Å². The summed E-state index contributed by atoms with van der Waals surface area (Å²) in [6.07, 6.45) is 1.22. The summed E-state index contributed by atoms with van der Waals surface area (Å²) in [6.45, 7) is 2.35. The molecule has 30 heavy (non-hydrogen) atoms. The number of fused-ring (bicyclic) bond motifs is 1. The maximum atomic E-state index is 12.4. The fourth-order valence-corrected chi connectivity index (χ4v) is 3.97. The first-order valence-corrected chi connectivity index (χ1v) is 11.2. The third-order valence-electron chi connectivity index (χ3n) is 4.25. The SMILES string of the molecule is CCCS(=O)(=O)Nc1cccc(C(=O)OCC(=O)c2ccc3c(c2)OCCCO3)c1. The van der Waals surface area contributed by atoms with Gasteiger partial charge in [0.25, 0.3) is 0 Å². The van der Waals surface area contributed by atoms with Gasteiger partial charge in [-0.2, -0.15) is 0 Å². The maximum Gasteiger partial charge on any atom is 0.338 e. The number of ether oxygens (including phenoxy) is 3. The second-order valence-electron chi connectivity index (χ2n) is 6.71. The first-order valence-electron chi connectivity index (χ1n) is 9.58. The molecule has 2 aromatic carbocycles. The number of sulfonamides is 1. The monoisotopic (exact) mass is 433 g/mol. The minimum absolute atomic E-state index is 0.0221. The van der Waals surface area contributed by atoms with Crippen LogP contribution in [0.2, 0.25) is 0 Å². The molecule has 1 N–H and O–H groups in total.